The lowest BCUT2D eigenvalue weighted by Crippen LogP contribution is -3.16. The van der Waals surface area contributed by atoms with Gasteiger partial charge in [0.25, 0.3) is 0 Å². The number of piperidine rings is 1. The number of carbonyl (C=O) groups is 1. The Kier molecular flexibility index (Phi) is 4.44. The topological polar surface area (TPSA) is 35.7 Å². The zero-order valence-corrected chi connectivity index (χ0v) is 14.6. The summed E-state index contributed by atoms with van der Waals surface area (Å²) in [5.74, 6) is 1.06. The van der Waals surface area contributed by atoms with E-state index in [2.05, 4.69) is 11.5 Å². The molecule has 1 saturated heterocycles. The third kappa shape index (κ3) is 2.88. The maximum absolute atomic E-state index is 13.0. The largest absolute Gasteiger partial charge is 0.497 e. The Balaban J connectivity index is 1.97. The van der Waals surface area contributed by atoms with Crippen molar-refractivity contribution in [2.24, 2.45) is 7.05 Å². The highest BCUT2D eigenvalue weighted by Crippen LogP contribution is 2.28. The van der Waals surface area contributed by atoms with E-state index in [1.807, 2.05) is 32.2 Å². The van der Waals surface area contributed by atoms with Crippen LogP contribution in [0.1, 0.15) is 42.2 Å². The number of hydrogen-bond acceptors (Lipinski definition) is 2. The number of nitrogens with zero attached hydrogens (tertiary/aromatic N) is 1. The van der Waals surface area contributed by atoms with E-state index in [0.29, 0.717) is 12.6 Å². The molecule has 124 valence electrons. The quantitative estimate of drug-likeness (QED) is 0.878. The van der Waals surface area contributed by atoms with Crippen LogP contribution in [0.5, 0.6) is 5.75 Å². The summed E-state index contributed by atoms with van der Waals surface area (Å²) in [6, 6.07) is 6.56. The number of fused-ring (bicyclic) bond motifs is 1. The second kappa shape index (κ2) is 6.36. The van der Waals surface area contributed by atoms with Gasteiger partial charge >= 0.3 is 0 Å². The molecule has 2 heterocycles. The van der Waals surface area contributed by atoms with Gasteiger partial charge in [-0.15, -0.1) is 0 Å². The van der Waals surface area contributed by atoms with Crippen LogP contribution < -0.4 is 9.64 Å². The minimum absolute atomic E-state index is 0.255. The van der Waals surface area contributed by atoms with Crippen molar-refractivity contribution in [2.45, 2.75) is 39.2 Å². The van der Waals surface area contributed by atoms with Crippen molar-refractivity contribution in [1.82, 2.24) is 4.57 Å². The number of quaternary nitrogens is 1. The van der Waals surface area contributed by atoms with Crippen LogP contribution in [0.4, 0.5) is 0 Å². The molecule has 2 atom stereocenters. The number of methoxy groups -OCH3 is 1. The van der Waals surface area contributed by atoms with E-state index < -0.39 is 0 Å². The Morgan fingerprint density at radius 2 is 2.17 bits per heavy atom. The third-order valence-corrected chi connectivity index (χ3v) is 5.45. The number of hydrogen-bond donors (Lipinski definition) is 1. The van der Waals surface area contributed by atoms with Gasteiger partial charge in [-0.05, 0) is 51.3 Å². The molecule has 1 aromatic carbocycles. The first-order chi connectivity index (χ1) is 11.0. The Bertz CT molecular complexity index is 733. The minimum Gasteiger partial charge on any atom is -0.497 e. The van der Waals surface area contributed by atoms with Gasteiger partial charge in [-0.3, -0.25) is 4.79 Å². The fourth-order valence-electron chi connectivity index (χ4n) is 3.84. The molecule has 3 rings (SSSR count). The fraction of sp³-hybridized carbons (Fsp3) is 0.526. The second-order valence-corrected chi connectivity index (χ2v) is 6.81. The van der Waals surface area contributed by atoms with Gasteiger partial charge in [-0.1, -0.05) is 0 Å². The summed E-state index contributed by atoms with van der Waals surface area (Å²) in [6.07, 6.45) is 3.75. The molecule has 2 aromatic rings. The summed E-state index contributed by atoms with van der Waals surface area (Å²) in [5.41, 5.74) is 3.00. The van der Waals surface area contributed by atoms with E-state index in [1.165, 1.54) is 24.2 Å². The Hall–Kier alpha value is -1.81. The highest BCUT2D eigenvalue weighted by Gasteiger charge is 2.27. The predicted octanol–water partition coefficient (Wildman–Crippen LogP) is 2.14. The predicted molar refractivity (Wildman–Crippen MR) is 92.5 cm³/mol. The summed E-state index contributed by atoms with van der Waals surface area (Å²) in [7, 11) is 3.69. The Morgan fingerprint density at radius 1 is 1.39 bits per heavy atom. The van der Waals surface area contributed by atoms with Gasteiger partial charge in [-0.25, -0.2) is 0 Å². The summed E-state index contributed by atoms with van der Waals surface area (Å²) in [4.78, 5) is 14.5. The highest BCUT2D eigenvalue weighted by atomic mass is 16.5. The van der Waals surface area contributed by atoms with E-state index in [0.717, 1.165) is 34.5 Å². The van der Waals surface area contributed by atoms with Gasteiger partial charge in [0.1, 0.15) is 12.3 Å². The Morgan fingerprint density at radius 3 is 2.87 bits per heavy atom. The standard InChI is InChI=1S/C19H26N2O2/c1-13-7-5-6-10-21(13)12-18(22)19-14(2)20(3)17-9-8-15(23-4)11-16(17)19/h8-9,11,13H,5-7,10,12H2,1-4H3/p+1/t13-/m0/s1. The summed E-state index contributed by atoms with van der Waals surface area (Å²) >= 11 is 0. The van der Waals surface area contributed by atoms with Gasteiger partial charge in [0, 0.05) is 23.6 Å². The zero-order chi connectivity index (χ0) is 16.6. The van der Waals surface area contributed by atoms with Crippen LogP contribution in [0.15, 0.2) is 18.2 Å². The summed E-state index contributed by atoms with van der Waals surface area (Å²) in [6.45, 7) is 6.01. The molecule has 1 aliphatic heterocycles. The van der Waals surface area contributed by atoms with Gasteiger partial charge in [0.15, 0.2) is 0 Å². The Labute approximate surface area is 138 Å². The first-order valence-electron chi connectivity index (χ1n) is 8.53. The molecule has 23 heavy (non-hydrogen) atoms. The van der Waals surface area contributed by atoms with Crippen molar-refractivity contribution in [3.63, 3.8) is 0 Å². The number of aryl methyl sites for hydroxylation is 1. The molecule has 4 nitrogen and oxygen atoms in total. The molecule has 0 saturated carbocycles. The highest BCUT2D eigenvalue weighted by molar-refractivity contribution is 6.10. The number of ether oxygens (including phenoxy) is 1. The number of Topliss-reactive ketones (excluding diaryl/α,β-unsaturated/α-hetero) is 1. The van der Waals surface area contributed by atoms with Crippen LogP contribution in [-0.4, -0.2) is 36.6 Å². The first-order valence-corrected chi connectivity index (χ1v) is 8.53. The van der Waals surface area contributed by atoms with Crippen LogP contribution in [-0.2, 0) is 7.05 Å². The summed E-state index contributed by atoms with van der Waals surface area (Å²) < 4.78 is 7.46. The third-order valence-electron chi connectivity index (χ3n) is 5.45. The van der Waals surface area contributed by atoms with E-state index in [1.54, 1.807) is 7.11 Å². The molecule has 1 aromatic heterocycles. The van der Waals surface area contributed by atoms with Crippen LogP contribution >= 0.6 is 0 Å². The maximum atomic E-state index is 13.0. The molecular weight excluding hydrogens is 288 g/mol. The average molecular weight is 315 g/mol. The minimum atomic E-state index is 0.255. The van der Waals surface area contributed by atoms with E-state index in [4.69, 9.17) is 4.74 Å². The van der Waals surface area contributed by atoms with Gasteiger partial charge in [0.2, 0.25) is 5.78 Å². The van der Waals surface area contributed by atoms with E-state index >= 15 is 0 Å². The molecule has 0 amide bonds. The van der Waals surface area contributed by atoms with Crippen LogP contribution in [0.3, 0.4) is 0 Å². The molecule has 4 heteroatoms. The molecule has 0 aliphatic carbocycles. The summed E-state index contributed by atoms with van der Waals surface area (Å²) in [5, 5.41) is 1.01. The molecule has 0 bridgehead atoms. The first kappa shape index (κ1) is 16.1. The number of carbonyl (C=O) groups excluding carboxylic acids is 1. The van der Waals surface area contributed by atoms with Crippen LogP contribution in [0.2, 0.25) is 0 Å². The van der Waals surface area contributed by atoms with Crippen molar-refractivity contribution in [3.05, 3.63) is 29.5 Å². The SMILES string of the molecule is COc1ccc2c(c1)c(C(=O)C[NH+]1CCCC[C@@H]1C)c(C)n2C. The number of likely N-dealkylation sites (tertiary alicyclic amines) is 1. The normalized spacial score (nSPS) is 21.6. The lowest BCUT2D eigenvalue weighted by molar-refractivity contribution is -0.920. The molecule has 1 unspecified atom stereocenters. The number of benzene rings is 1. The lowest BCUT2D eigenvalue weighted by Gasteiger charge is -2.29. The molecule has 1 N–H and O–H groups in total. The van der Waals surface area contributed by atoms with Crippen molar-refractivity contribution in [2.75, 3.05) is 20.2 Å². The second-order valence-electron chi connectivity index (χ2n) is 6.81. The van der Waals surface area contributed by atoms with Crippen molar-refractivity contribution in [3.8, 4) is 5.75 Å². The fourth-order valence-corrected chi connectivity index (χ4v) is 3.84. The van der Waals surface area contributed by atoms with Crippen LogP contribution in [0, 0.1) is 6.92 Å². The van der Waals surface area contributed by atoms with Crippen molar-refractivity contribution >= 4 is 16.7 Å². The molecule has 1 fully saturated rings. The van der Waals surface area contributed by atoms with E-state index in [-0.39, 0.29) is 5.78 Å². The van der Waals surface area contributed by atoms with Crippen molar-refractivity contribution in [1.29, 1.82) is 0 Å². The molecule has 0 radical (unpaired) electrons. The van der Waals surface area contributed by atoms with Crippen LogP contribution in [0.25, 0.3) is 10.9 Å². The molecule has 1 aliphatic rings. The number of aromatic nitrogens is 1. The zero-order valence-electron chi connectivity index (χ0n) is 14.6. The van der Waals surface area contributed by atoms with Gasteiger partial charge < -0.3 is 14.2 Å². The van der Waals surface area contributed by atoms with Crippen molar-refractivity contribution < 1.29 is 14.4 Å². The number of nitrogens with one attached hydrogen (secondary N) is 1. The number of ketones is 1. The maximum Gasteiger partial charge on any atom is 0.219 e. The van der Waals surface area contributed by atoms with Gasteiger partial charge in [0.05, 0.1) is 25.3 Å². The molecular formula is C19H27N2O2+. The number of rotatable bonds is 4. The smallest absolute Gasteiger partial charge is 0.219 e. The monoisotopic (exact) mass is 315 g/mol. The van der Waals surface area contributed by atoms with Gasteiger partial charge in [-0.2, -0.15) is 0 Å². The molecule has 0 spiro atoms. The average Bonchev–Trinajstić information content (AvgIpc) is 2.80. The van der Waals surface area contributed by atoms with E-state index in [9.17, 15) is 4.79 Å². The lowest BCUT2D eigenvalue weighted by atomic mass is 10.0.